The number of rotatable bonds is 10. The van der Waals surface area contributed by atoms with Crippen LogP contribution >= 0.6 is 0 Å². The lowest BCUT2D eigenvalue weighted by atomic mass is 10.1. The van der Waals surface area contributed by atoms with Crippen LogP contribution in [0.25, 0.3) is 0 Å². The number of hydrogen-bond acceptors (Lipinski definition) is 5. The minimum absolute atomic E-state index is 0.00411. The van der Waals surface area contributed by atoms with Crippen LogP contribution in [0.1, 0.15) is 56.5 Å². The molecule has 0 aliphatic rings. The Labute approximate surface area is 167 Å². The summed E-state index contributed by atoms with van der Waals surface area (Å²) < 4.78 is 22.9. The molecule has 1 aromatic carbocycles. The molecule has 0 atom stereocenters. The van der Waals surface area contributed by atoms with E-state index in [0.717, 1.165) is 11.5 Å². The quantitative estimate of drug-likeness (QED) is 0.582. The van der Waals surface area contributed by atoms with Crippen LogP contribution in [0.5, 0.6) is 17.2 Å². The zero-order valence-electron chi connectivity index (χ0n) is 17.7. The van der Waals surface area contributed by atoms with Gasteiger partial charge in [-0.3, -0.25) is 4.79 Å². The summed E-state index contributed by atoms with van der Waals surface area (Å²) in [4.78, 5) is 15.1. The monoisotopic (exact) mass is 389 g/mol. The minimum atomic E-state index is -0.117. The van der Waals surface area contributed by atoms with Gasteiger partial charge in [0.25, 0.3) is 5.91 Å². The summed E-state index contributed by atoms with van der Waals surface area (Å²) in [7, 11) is 0. The normalized spacial score (nSPS) is 10.8. The molecule has 0 bridgehead atoms. The number of ether oxygens (including phenoxy) is 3. The summed E-state index contributed by atoms with van der Waals surface area (Å²) in [6.45, 7) is 13.3. The zero-order valence-corrected chi connectivity index (χ0v) is 17.7. The lowest BCUT2D eigenvalue weighted by Gasteiger charge is -2.26. The van der Waals surface area contributed by atoms with Gasteiger partial charge in [-0.15, -0.1) is 0 Å². The van der Waals surface area contributed by atoms with Crippen molar-refractivity contribution in [2.45, 2.75) is 54.1 Å². The van der Waals surface area contributed by atoms with E-state index in [1.807, 2.05) is 53.7 Å². The van der Waals surface area contributed by atoms with E-state index < -0.39 is 0 Å². The van der Waals surface area contributed by atoms with Crippen molar-refractivity contribution in [1.29, 1.82) is 0 Å². The lowest BCUT2D eigenvalue weighted by molar-refractivity contribution is 0.0674. The summed E-state index contributed by atoms with van der Waals surface area (Å²) in [6, 6.07) is 7.24. The molecule has 1 amide bonds. The molecule has 0 unspecified atom stereocenters. The van der Waals surface area contributed by atoms with Crippen LogP contribution in [-0.2, 0) is 6.54 Å². The third-order valence-corrected chi connectivity index (χ3v) is 4.16. The molecule has 0 N–H and O–H groups in total. The number of carbonyl (C=O) groups excluding carboxylic acids is 1. The fourth-order valence-electron chi connectivity index (χ4n) is 2.90. The van der Waals surface area contributed by atoms with Crippen LogP contribution in [0.3, 0.4) is 0 Å². The smallest absolute Gasteiger partial charge is 0.254 e. The molecule has 0 aliphatic carbocycles. The van der Waals surface area contributed by atoms with Gasteiger partial charge in [-0.2, -0.15) is 0 Å². The second-order valence-corrected chi connectivity index (χ2v) is 6.64. The number of furan rings is 1. The van der Waals surface area contributed by atoms with E-state index >= 15 is 0 Å². The third kappa shape index (κ3) is 5.21. The van der Waals surface area contributed by atoms with Crippen molar-refractivity contribution in [1.82, 2.24) is 4.90 Å². The van der Waals surface area contributed by atoms with Gasteiger partial charge < -0.3 is 23.5 Å². The number of carbonyl (C=O) groups is 1. The van der Waals surface area contributed by atoms with E-state index in [4.69, 9.17) is 18.6 Å². The number of benzene rings is 1. The van der Waals surface area contributed by atoms with E-state index in [1.165, 1.54) is 0 Å². The second-order valence-electron chi connectivity index (χ2n) is 6.64. The van der Waals surface area contributed by atoms with Crippen molar-refractivity contribution in [3.63, 3.8) is 0 Å². The first-order chi connectivity index (χ1) is 13.4. The Kier molecular flexibility index (Phi) is 7.79. The highest BCUT2D eigenvalue weighted by Gasteiger charge is 2.24. The van der Waals surface area contributed by atoms with Crippen LogP contribution in [0.2, 0.25) is 0 Å². The number of aryl methyl sites for hydroxylation is 1. The predicted molar refractivity (Wildman–Crippen MR) is 108 cm³/mol. The number of nitrogens with zero attached hydrogens (tertiary/aromatic N) is 1. The fraction of sp³-hybridized carbons (Fsp3) is 0.500. The van der Waals surface area contributed by atoms with Gasteiger partial charge in [0.1, 0.15) is 11.5 Å². The van der Waals surface area contributed by atoms with Gasteiger partial charge in [0.15, 0.2) is 11.5 Å². The lowest BCUT2D eigenvalue weighted by Crippen LogP contribution is -2.36. The summed E-state index contributed by atoms with van der Waals surface area (Å²) >= 11 is 0. The fourth-order valence-corrected chi connectivity index (χ4v) is 2.90. The molecule has 0 fully saturated rings. The Morgan fingerprint density at radius 3 is 2.00 bits per heavy atom. The average Bonchev–Trinajstić information content (AvgIpc) is 3.06. The van der Waals surface area contributed by atoms with Crippen LogP contribution in [0.15, 0.2) is 28.7 Å². The molecule has 0 saturated heterocycles. The van der Waals surface area contributed by atoms with Gasteiger partial charge in [-0.25, -0.2) is 0 Å². The van der Waals surface area contributed by atoms with E-state index in [1.54, 1.807) is 17.0 Å². The van der Waals surface area contributed by atoms with Crippen LogP contribution in [-0.4, -0.2) is 36.7 Å². The molecular formula is C22H31NO5. The van der Waals surface area contributed by atoms with Gasteiger partial charge in [0.2, 0.25) is 5.75 Å². The second kappa shape index (κ2) is 10.1. The molecule has 0 saturated carbocycles. The third-order valence-electron chi connectivity index (χ3n) is 4.16. The van der Waals surface area contributed by atoms with Gasteiger partial charge in [0, 0.05) is 11.6 Å². The molecule has 154 valence electrons. The van der Waals surface area contributed by atoms with E-state index in [9.17, 15) is 4.79 Å². The Hall–Kier alpha value is -2.63. The van der Waals surface area contributed by atoms with Crippen LogP contribution in [0.4, 0.5) is 0 Å². The maximum absolute atomic E-state index is 13.3. The highest BCUT2D eigenvalue weighted by atomic mass is 16.5. The van der Waals surface area contributed by atoms with Gasteiger partial charge in [0.05, 0.1) is 26.4 Å². The van der Waals surface area contributed by atoms with Crippen molar-refractivity contribution in [2.24, 2.45) is 0 Å². The van der Waals surface area contributed by atoms with Crippen molar-refractivity contribution in [3.8, 4) is 17.2 Å². The Morgan fingerprint density at radius 1 is 1.00 bits per heavy atom. The maximum atomic E-state index is 13.3. The molecule has 2 aromatic rings. The van der Waals surface area contributed by atoms with E-state index in [-0.39, 0.29) is 11.9 Å². The molecular weight excluding hydrogens is 358 g/mol. The predicted octanol–water partition coefficient (Wildman–Crippen LogP) is 4.83. The van der Waals surface area contributed by atoms with E-state index in [2.05, 4.69) is 0 Å². The maximum Gasteiger partial charge on any atom is 0.254 e. The molecule has 2 rings (SSSR count). The molecule has 1 aromatic heterocycles. The Balaban J connectivity index is 2.42. The summed E-state index contributed by atoms with van der Waals surface area (Å²) in [5, 5.41) is 0. The van der Waals surface area contributed by atoms with Crippen LogP contribution in [0, 0.1) is 6.92 Å². The molecule has 1 heterocycles. The van der Waals surface area contributed by atoms with Gasteiger partial charge >= 0.3 is 0 Å². The van der Waals surface area contributed by atoms with E-state index in [0.29, 0.717) is 49.2 Å². The standard InChI is InChI=1S/C22H31NO5/c1-7-25-19-12-17(13-20(26-8-2)21(19)27-9-3)22(24)23(15(4)5)14-18-11-10-16(6)28-18/h10-13,15H,7-9,14H2,1-6H3. The minimum Gasteiger partial charge on any atom is -0.490 e. The molecule has 0 radical (unpaired) electrons. The topological polar surface area (TPSA) is 61.1 Å². The first-order valence-corrected chi connectivity index (χ1v) is 9.83. The largest absolute Gasteiger partial charge is 0.490 e. The van der Waals surface area contributed by atoms with Crippen molar-refractivity contribution in [3.05, 3.63) is 41.3 Å². The Morgan fingerprint density at radius 2 is 1.57 bits per heavy atom. The first kappa shape index (κ1) is 21.7. The molecule has 6 heteroatoms. The van der Waals surface area contributed by atoms with Crippen molar-refractivity contribution < 1.29 is 23.4 Å². The zero-order chi connectivity index (χ0) is 20.7. The average molecular weight is 389 g/mol. The van der Waals surface area contributed by atoms with Gasteiger partial charge in [-0.1, -0.05) is 0 Å². The number of hydrogen-bond donors (Lipinski definition) is 0. The van der Waals surface area contributed by atoms with Gasteiger partial charge in [-0.05, 0) is 65.8 Å². The summed E-state index contributed by atoms with van der Waals surface area (Å²) in [5.41, 5.74) is 0.493. The Bertz CT molecular complexity index is 754. The molecule has 0 spiro atoms. The summed E-state index contributed by atoms with van der Waals surface area (Å²) in [5.74, 6) is 3.01. The highest BCUT2D eigenvalue weighted by molar-refractivity contribution is 5.95. The number of amides is 1. The molecule has 0 aliphatic heterocycles. The molecule has 6 nitrogen and oxygen atoms in total. The van der Waals surface area contributed by atoms with Crippen molar-refractivity contribution in [2.75, 3.05) is 19.8 Å². The first-order valence-electron chi connectivity index (χ1n) is 9.83. The summed E-state index contributed by atoms with van der Waals surface area (Å²) in [6.07, 6.45) is 0. The SMILES string of the molecule is CCOc1cc(C(=O)N(Cc2ccc(C)o2)C(C)C)cc(OCC)c1OCC. The van der Waals surface area contributed by atoms with Crippen LogP contribution < -0.4 is 14.2 Å². The highest BCUT2D eigenvalue weighted by Crippen LogP contribution is 2.39. The van der Waals surface area contributed by atoms with Crippen molar-refractivity contribution >= 4 is 5.91 Å². The molecule has 28 heavy (non-hydrogen) atoms.